The zero-order valence-corrected chi connectivity index (χ0v) is 13.3. The van der Waals surface area contributed by atoms with Gasteiger partial charge in [-0.15, -0.1) is 0 Å². The Morgan fingerprint density at radius 2 is 1.61 bits per heavy atom. The van der Waals surface area contributed by atoms with Gasteiger partial charge in [-0.05, 0) is 24.3 Å². The van der Waals surface area contributed by atoms with Gasteiger partial charge in [0.15, 0.2) is 0 Å². The lowest BCUT2D eigenvalue weighted by Crippen LogP contribution is -2.06. The molecule has 2 N–H and O–H groups in total. The van der Waals surface area contributed by atoms with Crippen molar-refractivity contribution < 1.29 is 23.5 Å². The first-order valence-electron chi connectivity index (χ1n) is 6.50. The number of halogens is 1. The number of carbonyl (C=O) groups excluding carboxylic acids is 2. The van der Waals surface area contributed by atoms with E-state index in [0.29, 0.717) is 15.4 Å². The Morgan fingerprint density at radius 1 is 1.00 bits per heavy atom. The molecule has 5 nitrogen and oxygen atoms in total. The molecule has 0 amide bonds. The minimum absolute atomic E-state index is 0.205. The van der Waals surface area contributed by atoms with Gasteiger partial charge in [0.05, 0.1) is 25.3 Å². The Morgan fingerprint density at radius 3 is 2.26 bits per heavy atom. The van der Waals surface area contributed by atoms with E-state index in [1.54, 1.807) is 24.3 Å². The molecule has 2 aromatic carbocycles. The van der Waals surface area contributed by atoms with E-state index in [4.69, 9.17) is 10.5 Å². The Hall–Kier alpha value is -2.54. The number of hydrogen-bond donors (Lipinski definition) is 1. The van der Waals surface area contributed by atoms with Crippen LogP contribution >= 0.6 is 11.8 Å². The zero-order chi connectivity index (χ0) is 17.0. The van der Waals surface area contributed by atoms with Gasteiger partial charge in [0.1, 0.15) is 5.82 Å². The second kappa shape index (κ2) is 7.15. The normalized spacial score (nSPS) is 10.2. The van der Waals surface area contributed by atoms with Crippen molar-refractivity contribution in [3.8, 4) is 0 Å². The van der Waals surface area contributed by atoms with Gasteiger partial charge in [-0.25, -0.2) is 14.0 Å². The fraction of sp³-hybridized carbons (Fsp3) is 0.125. The van der Waals surface area contributed by atoms with Gasteiger partial charge in [0.25, 0.3) is 0 Å². The molecule has 7 heteroatoms. The van der Waals surface area contributed by atoms with Crippen molar-refractivity contribution >= 4 is 29.4 Å². The maximum atomic E-state index is 14.0. The Labute approximate surface area is 136 Å². The van der Waals surface area contributed by atoms with Gasteiger partial charge < -0.3 is 15.2 Å². The molecule has 0 aliphatic heterocycles. The van der Waals surface area contributed by atoms with E-state index in [2.05, 4.69) is 4.74 Å². The van der Waals surface area contributed by atoms with E-state index in [0.717, 1.165) is 24.9 Å². The summed E-state index contributed by atoms with van der Waals surface area (Å²) in [6, 6.07) is 9.08. The molecule has 0 fully saturated rings. The van der Waals surface area contributed by atoms with Crippen molar-refractivity contribution in [2.45, 2.75) is 9.79 Å². The topological polar surface area (TPSA) is 78.6 Å². The third-order valence-corrected chi connectivity index (χ3v) is 4.17. The molecule has 0 bridgehead atoms. The van der Waals surface area contributed by atoms with Crippen LogP contribution in [0.5, 0.6) is 0 Å². The standard InChI is InChI=1S/C16H14FNO4S/c1-21-15(19)9-5-3-4-6-13(9)23-14-8-11(17)10(7-12(14)18)16(20)22-2/h3-8H,18H2,1-2H3. The van der Waals surface area contributed by atoms with Crippen LogP contribution in [0, 0.1) is 5.82 Å². The molecule has 0 radical (unpaired) electrons. The number of esters is 2. The lowest BCUT2D eigenvalue weighted by molar-refractivity contribution is 0.0587. The zero-order valence-electron chi connectivity index (χ0n) is 12.5. The average Bonchev–Trinajstić information content (AvgIpc) is 2.56. The average molecular weight is 335 g/mol. The Balaban J connectivity index is 2.40. The predicted octanol–water partition coefficient (Wildman–Crippen LogP) is 3.13. The summed E-state index contributed by atoms with van der Waals surface area (Å²) in [5.74, 6) is -2.05. The van der Waals surface area contributed by atoms with E-state index in [-0.39, 0.29) is 11.3 Å². The first-order valence-corrected chi connectivity index (χ1v) is 7.32. The molecule has 0 aliphatic rings. The number of rotatable bonds is 4. The van der Waals surface area contributed by atoms with Crippen LogP contribution in [0.3, 0.4) is 0 Å². The van der Waals surface area contributed by atoms with Crippen molar-refractivity contribution in [1.82, 2.24) is 0 Å². The summed E-state index contributed by atoms with van der Waals surface area (Å²) in [4.78, 5) is 24.2. The third kappa shape index (κ3) is 3.62. The first-order chi connectivity index (χ1) is 11.0. The number of anilines is 1. The summed E-state index contributed by atoms with van der Waals surface area (Å²) >= 11 is 1.11. The third-order valence-electron chi connectivity index (χ3n) is 3.02. The SMILES string of the molecule is COC(=O)c1cc(N)c(Sc2ccccc2C(=O)OC)cc1F. The predicted molar refractivity (Wildman–Crippen MR) is 84.1 cm³/mol. The van der Waals surface area contributed by atoms with E-state index >= 15 is 0 Å². The van der Waals surface area contributed by atoms with Gasteiger partial charge in [-0.3, -0.25) is 0 Å². The highest BCUT2D eigenvalue weighted by Crippen LogP contribution is 2.35. The molecule has 2 aromatic rings. The number of nitrogens with two attached hydrogens (primary N) is 1. The lowest BCUT2D eigenvalue weighted by Gasteiger charge is -2.11. The van der Waals surface area contributed by atoms with Gasteiger partial charge >= 0.3 is 11.9 Å². The number of methoxy groups -OCH3 is 2. The largest absolute Gasteiger partial charge is 0.465 e. The van der Waals surface area contributed by atoms with Crippen molar-refractivity contribution in [1.29, 1.82) is 0 Å². The monoisotopic (exact) mass is 335 g/mol. The fourth-order valence-electron chi connectivity index (χ4n) is 1.88. The van der Waals surface area contributed by atoms with Crippen LogP contribution in [0.2, 0.25) is 0 Å². The molecule has 23 heavy (non-hydrogen) atoms. The maximum Gasteiger partial charge on any atom is 0.340 e. The molecule has 0 spiro atoms. The molecule has 0 heterocycles. The second-order valence-electron chi connectivity index (χ2n) is 4.45. The summed E-state index contributed by atoms with van der Waals surface area (Å²) in [7, 11) is 2.44. The molecule has 120 valence electrons. The number of ether oxygens (including phenoxy) is 2. The van der Waals surface area contributed by atoms with Crippen LogP contribution in [-0.4, -0.2) is 26.2 Å². The minimum atomic E-state index is -0.805. The Bertz CT molecular complexity index is 764. The molecule has 0 aromatic heterocycles. The summed E-state index contributed by atoms with van der Waals surface area (Å²) in [5, 5.41) is 0. The smallest absolute Gasteiger partial charge is 0.340 e. The lowest BCUT2D eigenvalue weighted by atomic mass is 10.2. The summed E-state index contributed by atoms with van der Waals surface area (Å²) in [5.41, 5.74) is 6.19. The maximum absolute atomic E-state index is 14.0. The molecular weight excluding hydrogens is 321 g/mol. The minimum Gasteiger partial charge on any atom is -0.465 e. The number of carbonyl (C=O) groups is 2. The van der Waals surface area contributed by atoms with Crippen LogP contribution in [-0.2, 0) is 9.47 Å². The van der Waals surface area contributed by atoms with Crippen molar-refractivity contribution in [2.75, 3.05) is 20.0 Å². The van der Waals surface area contributed by atoms with Gasteiger partial charge in [-0.1, -0.05) is 23.9 Å². The van der Waals surface area contributed by atoms with Crippen LogP contribution < -0.4 is 5.73 Å². The van der Waals surface area contributed by atoms with Crippen LogP contribution in [0.25, 0.3) is 0 Å². The highest BCUT2D eigenvalue weighted by Gasteiger charge is 2.18. The van der Waals surface area contributed by atoms with Gasteiger partial charge in [-0.2, -0.15) is 0 Å². The van der Waals surface area contributed by atoms with Crippen molar-refractivity contribution in [3.63, 3.8) is 0 Å². The quantitative estimate of drug-likeness (QED) is 0.683. The molecule has 0 aliphatic carbocycles. The van der Waals surface area contributed by atoms with Gasteiger partial charge in [0, 0.05) is 15.5 Å². The fourth-order valence-corrected chi connectivity index (χ4v) is 2.86. The molecule has 0 unspecified atom stereocenters. The second-order valence-corrected chi connectivity index (χ2v) is 5.54. The number of hydrogen-bond acceptors (Lipinski definition) is 6. The van der Waals surface area contributed by atoms with E-state index < -0.39 is 17.8 Å². The number of benzene rings is 2. The Kier molecular flexibility index (Phi) is 5.23. The van der Waals surface area contributed by atoms with Crippen molar-refractivity contribution in [2.24, 2.45) is 0 Å². The molecule has 2 rings (SSSR count). The first kappa shape index (κ1) is 16.8. The highest BCUT2D eigenvalue weighted by atomic mass is 32.2. The summed E-state index contributed by atoms with van der Waals surface area (Å²) < 4.78 is 23.2. The van der Waals surface area contributed by atoms with Gasteiger partial charge in [0.2, 0.25) is 0 Å². The van der Waals surface area contributed by atoms with E-state index in [1.165, 1.54) is 13.2 Å². The highest BCUT2D eigenvalue weighted by molar-refractivity contribution is 7.99. The molecule has 0 saturated carbocycles. The van der Waals surface area contributed by atoms with Crippen molar-refractivity contribution in [3.05, 3.63) is 53.3 Å². The number of nitrogen functional groups attached to an aromatic ring is 1. The summed E-state index contributed by atoms with van der Waals surface area (Å²) in [6.45, 7) is 0. The van der Waals surface area contributed by atoms with E-state index in [9.17, 15) is 14.0 Å². The molecule has 0 atom stereocenters. The van der Waals surface area contributed by atoms with Crippen LogP contribution in [0.4, 0.5) is 10.1 Å². The van der Waals surface area contributed by atoms with Crippen LogP contribution in [0.1, 0.15) is 20.7 Å². The molecular formula is C16H14FNO4S. The molecule has 0 saturated heterocycles. The summed E-state index contributed by atoms with van der Waals surface area (Å²) in [6.07, 6.45) is 0. The van der Waals surface area contributed by atoms with E-state index in [1.807, 2.05) is 0 Å². The van der Waals surface area contributed by atoms with Crippen LogP contribution in [0.15, 0.2) is 46.2 Å².